The van der Waals surface area contributed by atoms with Crippen LogP contribution in [0.3, 0.4) is 0 Å². The monoisotopic (exact) mass is 574 g/mol. The number of aromatic nitrogens is 2. The van der Waals surface area contributed by atoms with Crippen molar-refractivity contribution in [2.45, 2.75) is 57.5 Å². The van der Waals surface area contributed by atoms with Crippen LogP contribution in [0.1, 0.15) is 54.9 Å². The van der Waals surface area contributed by atoms with E-state index in [9.17, 15) is 26.4 Å². The number of carbonyl (C=O) groups excluding carboxylic acids is 1. The number of hydrogen-bond donors (Lipinski definition) is 1. The number of fused-ring (bicyclic) bond motifs is 1. The predicted molar refractivity (Wildman–Crippen MR) is 137 cm³/mol. The first-order valence-electron chi connectivity index (χ1n) is 12.3. The number of sulfonamides is 1. The second kappa shape index (κ2) is 11.2. The number of rotatable bonds is 11. The van der Waals surface area contributed by atoms with Crippen LogP contribution in [0.4, 0.5) is 35.4 Å². The van der Waals surface area contributed by atoms with Gasteiger partial charge in [-0.1, -0.05) is 18.3 Å². The van der Waals surface area contributed by atoms with Crippen LogP contribution in [0, 0.1) is 11.8 Å². The first-order chi connectivity index (χ1) is 17.9. The second-order valence-electron chi connectivity index (χ2n) is 9.47. The number of alkyl halides is 3. The zero-order chi connectivity index (χ0) is 27.7. The van der Waals surface area contributed by atoms with Gasteiger partial charge in [-0.2, -0.15) is 21.6 Å². The fourth-order valence-corrected chi connectivity index (χ4v) is 5.80. The summed E-state index contributed by atoms with van der Waals surface area (Å²) < 4.78 is 70.1. The third kappa shape index (κ3) is 6.15. The summed E-state index contributed by atoms with van der Waals surface area (Å²) in [4.78, 5) is 14.7. The van der Waals surface area contributed by atoms with E-state index in [2.05, 4.69) is 20.4 Å². The summed E-state index contributed by atoms with van der Waals surface area (Å²) in [5.41, 5.74) is -4.47. The summed E-state index contributed by atoms with van der Waals surface area (Å²) in [6.45, 7) is 5.23. The molecule has 1 aliphatic heterocycles. The lowest BCUT2D eigenvalue weighted by Crippen LogP contribution is -2.38. The van der Waals surface area contributed by atoms with Crippen LogP contribution in [-0.4, -0.2) is 56.2 Å². The van der Waals surface area contributed by atoms with E-state index in [1.807, 2.05) is 18.7 Å². The molecule has 0 bridgehead atoms. The van der Waals surface area contributed by atoms with Crippen LogP contribution in [0.5, 0.6) is 0 Å². The Kier molecular flexibility index (Phi) is 8.37. The van der Waals surface area contributed by atoms with Gasteiger partial charge in [0.05, 0.1) is 5.69 Å². The summed E-state index contributed by atoms with van der Waals surface area (Å²) in [7, 11) is -4.09. The van der Waals surface area contributed by atoms with Crippen LogP contribution in [0.2, 0.25) is 0 Å². The molecule has 1 N–H and O–H groups in total. The molecule has 2 aliphatic rings. The number of benzene rings is 1. The van der Waals surface area contributed by atoms with E-state index >= 15 is 0 Å². The Labute approximate surface area is 222 Å². The first-order valence-corrected chi connectivity index (χ1v) is 14.6. The van der Waals surface area contributed by atoms with E-state index in [0.29, 0.717) is 25.3 Å². The number of ketones is 1. The molecule has 10 nitrogen and oxygen atoms in total. The molecule has 208 valence electrons. The van der Waals surface area contributed by atoms with Crippen molar-refractivity contribution >= 4 is 49.3 Å². The van der Waals surface area contributed by atoms with Gasteiger partial charge in [-0.05, 0) is 62.6 Å². The molecule has 3 atom stereocenters. The average Bonchev–Trinajstić information content (AvgIpc) is 3.48. The van der Waals surface area contributed by atoms with Crippen molar-refractivity contribution in [3.63, 3.8) is 0 Å². The zero-order valence-corrected chi connectivity index (χ0v) is 22.8. The molecule has 0 radical (unpaired) electrons. The van der Waals surface area contributed by atoms with Gasteiger partial charge in [-0.15, -0.1) is 20.4 Å². The van der Waals surface area contributed by atoms with Gasteiger partial charge in [0.15, 0.2) is 10.8 Å². The standard InChI is InChI=1S/C23H29F3N6O4S2/c1-4-8-32-13(2)5-6-15-11-17(18(12-19(15)32)31-38(34,35)23(24,25)26)27-29-22-30-28-21(37-22)20(33)16-10-14(16)7-9-36-3/h11-14,16,31H,4-10H2,1-3H3. The van der Waals surface area contributed by atoms with E-state index in [1.165, 1.54) is 6.07 Å². The molecule has 2 heterocycles. The topological polar surface area (TPSA) is 126 Å². The van der Waals surface area contributed by atoms with Crippen molar-refractivity contribution < 1.29 is 31.1 Å². The van der Waals surface area contributed by atoms with Crippen molar-refractivity contribution in [2.75, 3.05) is 29.9 Å². The van der Waals surface area contributed by atoms with E-state index in [-0.39, 0.29) is 45.2 Å². The number of halogens is 3. The number of hydrogen-bond acceptors (Lipinski definition) is 10. The largest absolute Gasteiger partial charge is 0.516 e. The van der Waals surface area contributed by atoms with E-state index < -0.39 is 15.5 Å². The number of ether oxygens (including phenoxy) is 1. The predicted octanol–water partition coefficient (Wildman–Crippen LogP) is 5.62. The maximum atomic E-state index is 13.2. The van der Waals surface area contributed by atoms with Crippen molar-refractivity contribution in [3.05, 3.63) is 22.7 Å². The molecule has 1 aromatic carbocycles. The highest BCUT2D eigenvalue weighted by molar-refractivity contribution is 7.93. The Bertz CT molecular complexity index is 1310. The molecular weight excluding hydrogens is 545 g/mol. The molecule has 2 aromatic rings. The van der Waals surface area contributed by atoms with Gasteiger partial charge in [0, 0.05) is 37.9 Å². The van der Waals surface area contributed by atoms with Gasteiger partial charge in [0.1, 0.15) is 5.69 Å². The lowest BCUT2D eigenvalue weighted by Gasteiger charge is -2.37. The summed E-state index contributed by atoms with van der Waals surface area (Å²) >= 11 is 0.923. The van der Waals surface area contributed by atoms with Crippen LogP contribution in [-0.2, 0) is 21.2 Å². The molecule has 1 aromatic heterocycles. The van der Waals surface area contributed by atoms with Gasteiger partial charge in [0.25, 0.3) is 5.13 Å². The highest BCUT2D eigenvalue weighted by atomic mass is 32.2. The van der Waals surface area contributed by atoms with Gasteiger partial charge < -0.3 is 9.64 Å². The minimum Gasteiger partial charge on any atom is -0.385 e. The van der Waals surface area contributed by atoms with Gasteiger partial charge >= 0.3 is 15.5 Å². The Balaban J connectivity index is 1.62. The van der Waals surface area contributed by atoms with E-state index in [4.69, 9.17) is 4.74 Å². The van der Waals surface area contributed by atoms with Crippen molar-refractivity contribution in [3.8, 4) is 0 Å². The maximum absolute atomic E-state index is 13.2. The number of anilines is 2. The minimum atomic E-state index is -5.70. The van der Waals surface area contributed by atoms with Crippen molar-refractivity contribution in [1.29, 1.82) is 0 Å². The summed E-state index contributed by atoms with van der Waals surface area (Å²) in [6, 6.07) is 3.06. The number of nitrogens with one attached hydrogen (secondary N) is 1. The minimum absolute atomic E-state index is 0.0334. The second-order valence-corrected chi connectivity index (χ2v) is 12.1. The summed E-state index contributed by atoms with van der Waals surface area (Å²) in [5, 5.41) is 16.0. The molecular formula is C23H29F3N6O4S2. The third-order valence-corrected chi connectivity index (χ3v) is 8.62. The van der Waals surface area contributed by atoms with Crippen LogP contribution < -0.4 is 9.62 Å². The molecule has 4 rings (SSSR count). The van der Waals surface area contributed by atoms with Crippen molar-refractivity contribution in [1.82, 2.24) is 10.2 Å². The van der Waals surface area contributed by atoms with Gasteiger partial charge in [0.2, 0.25) is 0 Å². The van der Waals surface area contributed by atoms with Crippen LogP contribution in [0.25, 0.3) is 0 Å². The summed E-state index contributed by atoms with van der Waals surface area (Å²) in [6.07, 6.45) is 3.81. The number of nitrogens with zero attached hydrogens (tertiary/aromatic N) is 5. The molecule has 0 saturated heterocycles. The molecule has 1 aliphatic carbocycles. The molecule has 0 spiro atoms. The molecule has 0 amide bonds. The Morgan fingerprint density at radius 3 is 2.74 bits per heavy atom. The number of carbonyl (C=O) groups is 1. The number of aryl methyl sites for hydroxylation is 1. The van der Waals surface area contributed by atoms with Gasteiger partial charge in [-0.3, -0.25) is 9.52 Å². The highest BCUT2D eigenvalue weighted by Gasteiger charge is 2.46. The van der Waals surface area contributed by atoms with Gasteiger partial charge in [-0.25, -0.2) is 0 Å². The van der Waals surface area contributed by atoms with Crippen molar-refractivity contribution in [2.24, 2.45) is 22.1 Å². The lowest BCUT2D eigenvalue weighted by atomic mass is 9.95. The molecule has 38 heavy (non-hydrogen) atoms. The Morgan fingerprint density at radius 2 is 2.05 bits per heavy atom. The third-order valence-electron chi connectivity index (χ3n) is 6.70. The number of Topliss-reactive ketones (excluding diaryl/α,β-unsaturated/α-hetero) is 1. The Morgan fingerprint density at radius 1 is 1.29 bits per heavy atom. The highest BCUT2D eigenvalue weighted by Crippen LogP contribution is 2.44. The fraction of sp³-hybridized carbons (Fsp3) is 0.609. The Hall–Kier alpha value is -2.65. The molecule has 15 heteroatoms. The van der Waals surface area contributed by atoms with Crippen LogP contribution >= 0.6 is 11.3 Å². The molecule has 1 saturated carbocycles. The maximum Gasteiger partial charge on any atom is 0.516 e. The van der Waals surface area contributed by atoms with Crippen LogP contribution in [0.15, 0.2) is 22.4 Å². The smallest absolute Gasteiger partial charge is 0.385 e. The number of methoxy groups -OCH3 is 1. The quantitative estimate of drug-likeness (QED) is 0.273. The normalized spacial score (nSPS) is 21.5. The van der Waals surface area contributed by atoms with E-state index in [0.717, 1.165) is 42.6 Å². The molecule has 1 fully saturated rings. The van der Waals surface area contributed by atoms with E-state index in [1.54, 1.807) is 17.9 Å². The average molecular weight is 575 g/mol. The SMILES string of the molecule is CCCN1c2cc(NS(=O)(=O)C(F)(F)F)c(N=Nc3nnc(C(=O)C4CC4CCOC)s3)cc2CCC1C. The lowest BCUT2D eigenvalue weighted by molar-refractivity contribution is -0.0429. The zero-order valence-electron chi connectivity index (χ0n) is 21.2. The fourth-order valence-electron chi connectivity index (χ4n) is 4.56. The number of azo groups is 1. The first kappa shape index (κ1) is 28.4. The molecule has 3 unspecified atom stereocenters. The summed E-state index contributed by atoms with van der Waals surface area (Å²) in [5.74, 6) is -0.0332.